The van der Waals surface area contributed by atoms with Gasteiger partial charge < -0.3 is 4.98 Å². The van der Waals surface area contributed by atoms with Gasteiger partial charge in [0.15, 0.2) is 5.43 Å². The van der Waals surface area contributed by atoms with E-state index in [-0.39, 0.29) is 5.43 Å². The van der Waals surface area contributed by atoms with Crippen molar-refractivity contribution in [2.75, 3.05) is 0 Å². The number of rotatable bonds is 0. The van der Waals surface area contributed by atoms with E-state index in [4.69, 9.17) is 0 Å². The van der Waals surface area contributed by atoms with Crippen molar-refractivity contribution in [3.8, 4) is 0 Å². The van der Waals surface area contributed by atoms with Gasteiger partial charge >= 0.3 is 0 Å². The first-order valence-electron chi connectivity index (χ1n) is 4.96. The van der Waals surface area contributed by atoms with Crippen LogP contribution in [0.25, 0.3) is 21.8 Å². The Balaban J connectivity index is 2.61. The third-order valence-corrected chi connectivity index (χ3v) is 3.16. The minimum atomic E-state index is 0.0804. The summed E-state index contributed by atoms with van der Waals surface area (Å²) in [7, 11) is 0. The molecule has 1 heterocycles. The number of halogens is 1. The summed E-state index contributed by atoms with van der Waals surface area (Å²) >= 11 is 3.40. The Morgan fingerprint density at radius 1 is 0.938 bits per heavy atom. The Morgan fingerprint density at radius 2 is 1.69 bits per heavy atom. The maximum Gasteiger partial charge on any atom is 0.197 e. The number of aromatic nitrogens is 1. The van der Waals surface area contributed by atoms with Crippen LogP contribution >= 0.6 is 15.9 Å². The SMILES string of the molecule is O=c1c2ccccc2[nH]c2cc(Br)ccc12. The lowest BCUT2D eigenvalue weighted by atomic mass is 10.1. The molecule has 0 unspecified atom stereocenters. The second-order valence-electron chi connectivity index (χ2n) is 3.69. The molecule has 78 valence electrons. The third-order valence-electron chi connectivity index (χ3n) is 2.67. The first-order chi connectivity index (χ1) is 7.75. The zero-order valence-corrected chi connectivity index (χ0v) is 9.91. The van der Waals surface area contributed by atoms with E-state index in [0.29, 0.717) is 0 Å². The number of hydrogen-bond acceptors (Lipinski definition) is 1. The molecule has 1 N–H and O–H groups in total. The van der Waals surface area contributed by atoms with Gasteiger partial charge in [-0.15, -0.1) is 0 Å². The highest BCUT2D eigenvalue weighted by Crippen LogP contribution is 2.18. The van der Waals surface area contributed by atoms with Crippen molar-refractivity contribution in [2.24, 2.45) is 0 Å². The van der Waals surface area contributed by atoms with Crippen LogP contribution in [0.1, 0.15) is 0 Å². The summed E-state index contributed by atoms with van der Waals surface area (Å²) in [5, 5.41) is 1.46. The Morgan fingerprint density at radius 3 is 2.56 bits per heavy atom. The van der Waals surface area contributed by atoms with E-state index in [1.165, 1.54) is 0 Å². The first kappa shape index (κ1) is 9.60. The average Bonchev–Trinajstić information content (AvgIpc) is 2.29. The predicted octanol–water partition coefficient (Wildman–Crippen LogP) is 3.44. The molecule has 0 spiro atoms. The van der Waals surface area contributed by atoms with Gasteiger partial charge in [-0.1, -0.05) is 28.1 Å². The van der Waals surface area contributed by atoms with E-state index in [1.54, 1.807) is 0 Å². The molecule has 2 nitrogen and oxygen atoms in total. The van der Waals surface area contributed by atoms with E-state index in [9.17, 15) is 4.79 Å². The lowest BCUT2D eigenvalue weighted by molar-refractivity contribution is 1.47. The fourth-order valence-electron chi connectivity index (χ4n) is 1.90. The van der Waals surface area contributed by atoms with E-state index in [1.807, 2.05) is 42.5 Å². The second-order valence-corrected chi connectivity index (χ2v) is 4.61. The summed E-state index contributed by atoms with van der Waals surface area (Å²) in [6, 6.07) is 13.2. The van der Waals surface area contributed by atoms with Crippen molar-refractivity contribution in [1.82, 2.24) is 4.98 Å². The molecule has 0 bridgehead atoms. The molecule has 2 aromatic carbocycles. The van der Waals surface area contributed by atoms with Crippen LogP contribution < -0.4 is 5.43 Å². The van der Waals surface area contributed by atoms with Crippen LogP contribution in [0.2, 0.25) is 0 Å². The van der Waals surface area contributed by atoms with Gasteiger partial charge in [-0.05, 0) is 30.3 Å². The quantitative estimate of drug-likeness (QED) is 0.626. The molecule has 0 aliphatic rings. The minimum Gasteiger partial charge on any atom is -0.354 e. The normalized spacial score (nSPS) is 11.1. The number of para-hydroxylation sites is 1. The number of aromatic amines is 1. The number of nitrogens with one attached hydrogen (secondary N) is 1. The zero-order valence-electron chi connectivity index (χ0n) is 8.33. The smallest absolute Gasteiger partial charge is 0.197 e. The monoisotopic (exact) mass is 273 g/mol. The highest BCUT2D eigenvalue weighted by molar-refractivity contribution is 9.10. The highest BCUT2D eigenvalue weighted by atomic mass is 79.9. The topological polar surface area (TPSA) is 32.9 Å². The average molecular weight is 274 g/mol. The molecule has 3 heteroatoms. The number of hydrogen-bond donors (Lipinski definition) is 1. The van der Waals surface area contributed by atoms with Crippen molar-refractivity contribution in [3.05, 3.63) is 57.2 Å². The maximum absolute atomic E-state index is 12.2. The summed E-state index contributed by atoms with van der Waals surface area (Å²) < 4.78 is 0.964. The lowest BCUT2D eigenvalue weighted by Gasteiger charge is -2.02. The molecular formula is C13H8BrNO. The van der Waals surface area contributed by atoms with Crippen molar-refractivity contribution in [3.63, 3.8) is 0 Å². The van der Waals surface area contributed by atoms with Crippen LogP contribution in [-0.2, 0) is 0 Å². The minimum absolute atomic E-state index is 0.0804. The summed E-state index contributed by atoms with van der Waals surface area (Å²) in [5.74, 6) is 0. The van der Waals surface area contributed by atoms with Crippen LogP contribution in [0.3, 0.4) is 0 Å². The van der Waals surface area contributed by atoms with Gasteiger partial charge in [0.2, 0.25) is 0 Å². The molecule has 0 radical (unpaired) electrons. The fourth-order valence-corrected chi connectivity index (χ4v) is 2.26. The van der Waals surface area contributed by atoms with Gasteiger partial charge in [-0.3, -0.25) is 4.79 Å². The molecule has 0 aliphatic heterocycles. The van der Waals surface area contributed by atoms with Gasteiger partial charge in [0.25, 0.3) is 0 Å². The molecule has 0 atom stereocenters. The van der Waals surface area contributed by atoms with Gasteiger partial charge in [0, 0.05) is 20.8 Å². The summed E-state index contributed by atoms with van der Waals surface area (Å²) in [4.78, 5) is 15.4. The molecular weight excluding hydrogens is 266 g/mol. The van der Waals surface area contributed by atoms with Crippen LogP contribution in [0, 0.1) is 0 Å². The molecule has 3 aromatic rings. The highest BCUT2D eigenvalue weighted by Gasteiger charge is 2.04. The van der Waals surface area contributed by atoms with E-state index >= 15 is 0 Å². The lowest BCUT2D eigenvalue weighted by Crippen LogP contribution is -2.03. The second kappa shape index (κ2) is 3.46. The number of pyridine rings is 1. The van der Waals surface area contributed by atoms with Crippen molar-refractivity contribution in [2.45, 2.75) is 0 Å². The van der Waals surface area contributed by atoms with Gasteiger partial charge in [-0.25, -0.2) is 0 Å². The molecule has 16 heavy (non-hydrogen) atoms. The van der Waals surface area contributed by atoms with Crippen LogP contribution in [-0.4, -0.2) is 4.98 Å². The standard InChI is InChI=1S/C13H8BrNO/c14-8-5-6-10-12(7-8)15-11-4-2-1-3-9(11)13(10)16/h1-7H,(H,15,16). The molecule has 0 fully saturated rings. The molecule has 0 saturated heterocycles. The summed E-state index contributed by atoms with van der Waals surface area (Å²) in [6.07, 6.45) is 0. The fraction of sp³-hybridized carbons (Fsp3) is 0. The summed E-state index contributed by atoms with van der Waals surface area (Å²) in [5.41, 5.74) is 1.81. The largest absolute Gasteiger partial charge is 0.354 e. The van der Waals surface area contributed by atoms with E-state index < -0.39 is 0 Å². The van der Waals surface area contributed by atoms with E-state index in [2.05, 4.69) is 20.9 Å². The summed E-state index contributed by atoms with van der Waals surface area (Å²) in [6.45, 7) is 0. The molecule has 0 amide bonds. The number of benzene rings is 2. The van der Waals surface area contributed by atoms with Crippen molar-refractivity contribution in [1.29, 1.82) is 0 Å². The Kier molecular flexibility index (Phi) is 2.07. The van der Waals surface area contributed by atoms with Crippen LogP contribution in [0.15, 0.2) is 51.7 Å². The van der Waals surface area contributed by atoms with Crippen molar-refractivity contribution < 1.29 is 0 Å². The van der Waals surface area contributed by atoms with E-state index in [0.717, 1.165) is 26.3 Å². The first-order valence-corrected chi connectivity index (χ1v) is 5.75. The van der Waals surface area contributed by atoms with Gasteiger partial charge in [0.1, 0.15) is 0 Å². The Bertz CT molecular complexity index is 746. The van der Waals surface area contributed by atoms with Crippen LogP contribution in [0.5, 0.6) is 0 Å². The van der Waals surface area contributed by atoms with Gasteiger partial charge in [-0.2, -0.15) is 0 Å². The Labute approximate surface area is 100 Å². The number of fused-ring (bicyclic) bond motifs is 2. The van der Waals surface area contributed by atoms with Crippen LogP contribution in [0.4, 0.5) is 0 Å². The van der Waals surface area contributed by atoms with Crippen molar-refractivity contribution >= 4 is 37.7 Å². The van der Waals surface area contributed by atoms with Gasteiger partial charge in [0.05, 0.1) is 5.52 Å². The predicted molar refractivity (Wildman–Crippen MR) is 69.8 cm³/mol. The third kappa shape index (κ3) is 1.36. The molecule has 3 rings (SSSR count). The number of H-pyrrole nitrogens is 1. The maximum atomic E-state index is 12.2. The molecule has 0 aliphatic carbocycles. The molecule has 0 saturated carbocycles. The molecule has 1 aromatic heterocycles. The Hall–Kier alpha value is -1.61. The zero-order chi connectivity index (χ0) is 11.1.